The highest BCUT2D eigenvalue weighted by atomic mass is 14.4. The van der Waals surface area contributed by atoms with E-state index in [0.717, 1.165) is 12.8 Å². The van der Waals surface area contributed by atoms with Crippen LogP contribution in [0.4, 0.5) is 0 Å². The summed E-state index contributed by atoms with van der Waals surface area (Å²) in [5.74, 6) is 0.414. The lowest BCUT2D eigenvalue weighted by Crippen LogP contribution is -2.27. The molecule has 1 rings (SSSR count). The van der Waals surface area contributed by atoms with E-state index in [1.807, 2.05) is 0 Å². The lowest BCUT2D eigenvalue weighted by Gasteiger charge is -2.36. The van der Waals surface area contributed by atoms with Gasteiger partial charge in [-0.2, -0.15) is 5.26 Å². The zero-order valence-corrected chi connectivity index (χ0v) is 8.46. The van der Waals surface area contributed by atoms with Crippen LogP contribution in [0.3, 0.4) is 0 Å². The Kier molecular flexibility index (Phi) is 3.31. The molecule has 0 saturated carbocycles. The maximum Gasteiger partial charge on any atom is 0.0628 e. The summed E-state index contributed by atoms with van der Waals surface area (Å²) in [5, 5.41) is 8.73. The van der Waals surface area contributed by atoms with Crippen molar-refractivity contribution in [3.63, 3.8) is 0 Å². The third kappa shape index (κ3) is 1.83. The molecule has 1 heteroatoms. The molecule has 1 aliphatic carbocycles. The molecule has 0 heterocycles. The molecule has 13 heavy (non-hydrogen) atoms. The number of rotatable bonds is 3. The lowest BCUT2D eigenvalue weighted by molar-refractivity contribution is 0.253. The second-order valence-corrected chi connectivity index (χ2v) is 3.65. The van der Waals surface area contributed by atoms with Crippen molar-refractivity contribution in [2.45, 2.75) is 33.1 Å². The average molecular weight is 175 g/mol. The first-order chi connectivity index (χ1) is 6.29. The van der Waals surface area contributed by atoms with E-state index in [9.17, 15) is 0 Å². The molecule has 0 aromatic rings. The molecule has 1 atom stereocenters. The van der Waals surface area contributed by atoms with Crippen LogP contribution < -0.4 is 0 Å². The topological polar surface area (TPSA) is 23.8 Å². The Hall–Kier alpha value is -1.03. The van der Waals surface area contributed by atoms with Gasteiger partial charge in [0.15, 0.2) is 0 Å². The summed E-state index contributed by atoms with van der Waals surface area (Å²) in [6.45, 7) is 4.41. The Morgan fingerprint density at radius 2 is 2.00 bits per heavy atom. The van der Waals surface area contributed by atoms with Crippen LogP contribution in [0.25, 0.3) is 0 Å². The van der Waals surface area contributed by atoms with Crippen LogP contribution in [0, 0.1) is 22.7 Å². The Bertz CT molecular complexity index is 251. The van der Waals surface area contributed by atoms with Crippen molar-refractivity contribution in [1.29, 1.82) is 5.26 Å². The Morgan fingerprint density at radius 1 is 1.31 bits per heavy atom. The van der Waals surface area contributed by atoms with Gasteiger partial charge in [0.05, 0.1) is 6.07 Å². The number of hydrogen-bond donors (Lipinski definition) is 0. The van der Waals surface area contributed by atoms with Gasteiger partial charge < -0.3 is 0 Å². The maximum absolute atomic E-state index is 8.73. The van der Waals surface area contributed by atoms with Crippen LogP contribution in [0.15, 0.2) is 24.3 Å². The minimum Gasteiger partial charge on any atom is -0.198 e. The molecule has 0 saturated heterocycles. The monoisotopic (exact) mass is 175 g/mol. The highest BCUT2D eigenvalue weighted by Crippen LogP contribution is 2.41. The summed E-state index contributed by atoms with van der Waals surface area (Å²) in [5.41, 5.74) is 0.241. The van der Waals surface area contributed by atoms with E-state index in [4.69, 9.17) is 5.26 Å². The zero-order valence-electron chi connectivity index (χ0n) is 8.46. The number of nitrogens with zero attached hydrogens (tertiary/aromatic N) is 1. The Morgan fingerprint density at radius 3 is 2.54 bits per heavy atom. The molecular weight excluding hydrogens is 158 g/mol. The Labute approximate surface area is 80.8 Å². The van der Waals surface area contributed by atoms with Gasteiger partial charge in [-0.1, -0.05) is 38.2 Å². The molecular formula is C12H17N. The first-order valence-corrected chi connectivity index (χ1v) is 5.02. The standard InChI is InChI=1S/C12H17N/c1-3-12(4-2)9-6-5-7-11(12)8-10-13/h5-7,9,11H,3-4,8H2,1-2H3. The smallest absolute Gasteiger partial charge is 0.0628 e. The molecule has 0 fully saturated rings. The zero-order chi connectivity index (χ0) is 9.73. The van der Waals surface area contributed by atoms with E-state index in [1.165, 1.54) is 0 Å². The molecule has 0 aliphatic heterocycles. The molecule has 1 unspecified atom stereocenters. The average Bonchev–Trinajstić information content (AvgIpc) is 2.20. The van der Waals surface area contributed by atoms with Gasteiger partial charge in [0.2, 0.25) is 0 Å². The maximum atomic E-state index is 8.73. The van der Waals surface area contributed by atoms with Crippen LogP contribution in [0.1, 0.15) is 33.1 Å². The first-order valence-electron chi connectivity index (χ1n) is 5.02. The molecule has 70 valence electrons. The van der Waals surface area contributed by atoms with E-state index >= 15 is 0 Å². The first kappa shape index (κ1) is 10.1. The van der Waals surface area contributed by atoms with Gasteiger partial charge in [-0.05, 0) is 24.2 Å². The van der Waals surface area contributed by atoms with E-state index in [2.05, 4.69) is 44.2 Å². The molecule has 0 spiro atoms. The fourth-order valence-electron chi connectivity index (χ4n) is 2.14. The Balaban J connectivity index is 2.86. The largest absolute Gasteiger partial charge is 0.198 e. The highest BCUT2D eigenvalue weighted by molar-refractivity contribution is 5.20. The summed E-state index contributed by atoms with van der Waals surface area (Å²) in [6, 6.07) is 2.28. The van der Waals surface area contributed by atoms with E-state index in [0.29, 0.717) is 12.3 Å². The van der Waals surface area contributed by atoms with E-state index < -0.39 is 0 Å². The van der Waals surface area contributed by atoms with Crippen LogP contribution in [-0.2, 0) is 0 Å². The van der Waals surface area contributed by atoms with Crippen molar-refractivity contribution < 1.29 is 0 Å². The van der Waals surface area contributed by atoms with Gasteiger partial charge in [-0.15, -0.1) is 0 Å². The van der Waals surface area contributed by atoms with Crippen molar-refractivity contribution in [2.24, 2.45) is 11.3 Å². The van der Waals surface area contributed by atoms with Gasteiger partial charge in [-0.25, -0.2) is 0 Å². The predicted molar refractivity (Wildman–Crippen MR) is 55.0 cm³/mol. The SMILES string of the molecule is CCC1(CC)C=CC=CC1CC#N. The van der Waals surface area contributed by atoms with E-state index in [-0.39, 0.29) is 5.41 Å². The van der Waals surface area contributed by atoms with Crippen molar-refractivity contribution >= 4 is 0 Å². The van der Waals surface area contributed by atoms with Crippen LogP contribution in [0.5, 0.6) is 0 Å². The van der Waals surface area contributed by atoms with Gasteiger partial charge >= 0.3 is 0 Å². The van der Waals surface area contributed by atoms with Crippen molar-refractivity contribution in [3.8, 4) is 6.07 Å². The normalized spacial score (nSPS) is 24.2. The summed E-state index contributed by atoms with van der Waals surface area (Å²) in [6.07, 6.45) is 11.5. The molecule has 0 aromatic heterocycles. The molecule has 0 aromatic carbocycles. The summed E-state index contributed by atoms with van der Waals surface area (Å²) in [4.78, 5) is 0. The minimum atomic E-state index is 0.241. The molecule has 0 amide bonds. The van der Waals surface area contributed by atoms with Crippen molar-refractivity contribution in [3.05, 3.63) is 24.3 Å². The lowest BCUT2D eigenvalue weighted by atomic mass is 9.68. The molecule has 0 N–H and O–H groups in total. The van der Waals surface area contributed by atoms with Crippen LogP contribution in [0.2, 0.25) is 0 Å². The predicted octanol–water partition coefficient (Wildman–Crippen LogP) is 3.45. The molecule has 1 nitrogen and oxygen atoms in total. The second-order valence-electron chi connectivity index (χ2n) is 3.65. The highest BCUT2D eigenvalue weighted by Gasteiger charge is 2.32. The molecule has 1 aliphatic rings. The summed E-state index contributed by atoms with van der Waals surface area (Å²) in [7, 11) is 0. The third-order valence-electron chi connectivity index (χ3n) is 3.25. The van der Waals surface area contributed by atoms with Gasteiger partial charge in [0.1, 0.15) is 0 Å². The number of nitriles is 1. The van der Waals surface area contributed by atoms with Crippen LogP contribution in [-0.4, -0.2) is 0 Å². The van der Waals surface area contributed by atoms with Gasteiger partial charge in [-0.3, -0.25) is 0 Å². The number of hydrogen-bond acceptors (Lipinski definition) is 1. The molecule has 0 bridgehead atoms. The summed E-state index contributed by atoms with van der Waals surface area (Å²) >= 11 is 0. The third-order valence-corrected chi connectivity index (χ3v) is 3.25. The van der Waals surface area contributed by atoms with Crippen molar-refractivity contribution in [1.82, 2.24) is 0 Å². The van der Waals surface area contributed by atoms with Gasteiger partial charge in [0.25, 0.3) is 0 Å². The van der Waals surface area contributed by atoms with Crippen LogP contribution >= 0.6 is 0 Å². The minimum absolute atomic E-state index is 0.241. The van der Waals surface area contributed by atoms with Crippen molar-refractivity contribution in [2.75, 3.05) is 0 Å². The number of allylic oxidation sites excluding steroid dienone is 4. The fourth-order valence-corrected chi connectivity index (χ4v) is 2.14. The fraction of sp³-hybridized carbons (Fsp3) is 0.583. The quantitative estimate of drug-likeness (QED) is 0.644. The van der Waals surface area contributed by atoms with E-state index in [1.54, 1.807) is 0 Å². The molecule has 0 radical (unpaired) electrons. The van der Waals surface area contributed by atoms with Gasteiger partial charge in [0, 0.05) is 6.42 Å². The second kappa shape index (κ2) is 4.28. The summed E-state index contributed by atoms with van der Waals surface area (Å²) < 4.78 is 0.